The third-order valence-electron chi connectivity index (χ3n) is 2.69. The van der Waals surface area contributed by atoms with Crippen molar-refractivity contribution in [1.29, 1.82) is 0 Å². The van der Waals surface area contributed by atoms with E-state index in [0.29, 0.717) is 0 Å². The summed E-state index contributed by atoms with van der Waals surface area (Å²) >= 11 is 1.56. The number of carbonyl (C=O) groups excluding carboxylic acids is 1. The molecule has 0 aliphatic rings. The van der Waals surface area contributed by atoms with Crippen LogP contribution in [0.3, 0.4) is 0 Å². The van der Waals surface area contributed by atoms with Gasteiger partial charge >= 0.3 is 0 Å². The molecule has 0 fully saturated rings. The highest BCUT2D eigenvalue weighted by molar-refractivity contribution is 8.00. The van der Waals surface area contributed by atoms with Crippen LogP contribution >= 0.6 is 11.8 Å². The van der Waals surface area contributed by atoms with E-state index in [9.17, 15) is 13.6 Å². The smallest absolute Gasteiger partial charge is 0.175 e. The van der Waals surface area contributed by atoms with Crippen LogP contribution in [0.1, 0.15) is 43.5 Å². The fraction of sp³-hybridized carbons (Fsp3) is 0.500. The molecule has 0 N–H and O–H groups in total. The number of halogens is 2. The van der Waals surface area contributed by atoms with E-state index in [2.05, 4.69) is 6.92 Å². The molecule has 0 spiro atoms. The Labute approximate surface area is 111 Å². The van der Waals surface area contributed by atoms with Crippen molar-refractivity contribution in [3.05, 3.63) is 35.4 Å². The van der Waals surface area contributed by atoms with E-state index in [0.717, 1.165) is 37.1 Å². The largest absolute Gasteiger partial charge is 0.293 e. The van der Waals surface area contributed by atoms with Crippen molar-refractivity contribution < 1.29 is 13.6 Å². The minimum absolute atomic E-state index is 0.143. The average molecular weight is 272 g/mol. The van der Waals surface area contributed by atoms with Gasteiger partial charge in [-0.15, -0.1) is 0 Å². The van der Waals surface area contributed by atoms with E-state index in [1.54, 1.807) is 18.7 Å². The van der Waals surface area contributed by atoms with Crippen LogP contribution < -0.4 is 0 Å². The molecule has 0 bridgehead atoms. The molecule has 1 aromatic rings. The Bertz CT molecular complexity index is 407. The van der Waals surface area contributed by atoms with Crippen LogP contribution in [0.5, 0.6) is 0 Å². The van der Waals surface area contributed by atoms with E-state index >= 15 is 0 Å². The van der Waals surface area contributed by atoms with Crippen molar-refractivity contribution in [2.45, 2.75) is 38.4 Å². The summed E-state index contributed by atoms with van der Waals surface area (Å²) in [6.45, 7) is 3.93. The van der Waals surface area contributed by atoms with Crippen molar-refractivity contribution in [2.75, 3.05) is 5.75 Å². The molecule has 1 atom stereocenters. The number of hydrogen-bond acceptors (Lipinski definition) is 2. The minimum atomic E-state index is -0.968. The van der Waals surface area contributed by atoms with Gasteiger partial charge in [-0.05, 0) is 37.3 Å². The second-order valence-corrected chi connectivity index (χ2v) is 5.66. The molecule has 4 heteroatoms. The number of benzene rings is 1. The summed E-state index contributed by atoms with van der Waals surface area (Å²) in [7, 11) is 0. The van der Waals surface area contributed by atoms with Crippen LogP contribution in [0.15, 0.2) is 18.2 Å². The maximum atomic E-state index is 13.0. The van der Waals surface area contributed by atoms with Crippen molar-refractivity contribution in [3.63, 3.8) is 0 Å². The Hall–Kier alpha value is -0.900. The molecular weight excluding hydrogens is 254 g/mol. The highest BCUT2D eigenvalue weighted by Crippen LogP contribution is 2.19. The van der Waals surface area contributed by atoms with E-state index in [-0.39, 0.29) is 16.6 Å². The number of rotatable bonds is 7. The van der Waals surface area contributed by atoms with Gasteiger partial charge in [0, 0.05) is 5.56 Å². The number of thioether (sulfide) groups is 1. The van der Waals surface area contributed by atoms with Crippen molar-refractivity contribution in [2.24, 2.45) is 0 Å². The van der Waals surface area contributed by atoms with E-state index in [1.807, 2.05) is 0 Å². The van der Waals surface area contributed by atoms with Gasteiger partial charge in [0.25, 0.3) is 0 Å². The second-order valence-electron chi connectivity index (χ2n) is 4.21. The zero-order chi connectivity index (χ0) is 13.5. The lowest BCUT2D eigenvalue weighted by atomic mass is 10.1. The zero-order valence-electron chi connectivity index (χ0n) is 10.7. The molecular formula is C14H18F2OS. The van der Waals surface area contributed by atoms with E-state index in [1.165, 1.54) is 6.07 Å². The summed E-state index contributed by atoms with van der Waals surface area (Å²) in [5.41, 5.74) is 0.240. The molecule has 0 radical (unpaired) electrons. The van der Waals surface area contributed by atoms with E-state index in [4.69, 9.17) is 0 Å². The van der Waals surface area contributed by atoms with Gasteiger partial charge in [0.2, 0.25) is 0 Å². The van der Waals surface area contributed by atoms with Gasteiger partial charge < -0.3 is 0 Å². The molecule has 18 heavy (non-hydrogen) atoms. The molecule has 0 saturated carbocycles. The number of ketones is 1. The van der Waals surface area contributed by atoms with Crippen LogP contribution in [0.25, 0.3) is 0 Å². The van der Waals surface area contributed by atoms with Crippen LogP contribution in [-0.4, -0.2) is 16.8 Å². The van der Waals surface area contributed by atoms with Crippen LogP contribution in [0.2, 0.25) is 0 Å². The SMILES string of the molecule is CCCCCSC(C)C(=O)c1ccc(F)c(F)c1. The first kappa shape index (κ1) is 15.2. The zero-order valence-corrected chi connectivity index (χ0v) is 11.5. The van der Waals surface area contributed by atoms with Crippen molar-refractivity contribution >= 4 is 17.5 Å². The lowest BCUT2D eigenvalue weighted by Crippen LogP contribution is -2.14. The third kappa shape index (κ3) is 4.41. The first-order chi connectivity index (χ1) is 8.56. The first-order valence-corrected chi connectivity index (χ1v) is 7.22. The standard InChI is InChI=1S/C14H18F2OS/c1-3-4-5-8-18-10(2)14(17)11-6-7-12(15)13(16)9-11/h6-7,9-10H,3-5,8H2,1-2H3. The number of hydrogen-bond donors (Lipinski definition) is 0. The van der Waals surface area contributed by atoms with Gasteiger partial charge in [-0.25, -0.2) is 8.78 Å². The van der Waals surface area contributed by atoms with Crippen LogP contribution in [0.4, 0.5) is 8.78 Å². The molecule has 1 nitrogen and oxygen atoms in total. The minimum Gasteiger partial charge on any atom is -0.293 e. The predicted molar refractivity (Wildman–Crippen MR) is 72.1 cm³/mol. The molecule has 1 unspecified atom stereocenters. The summed E-state index contributed by atoms with van der Waals surface area (Å²) in [6, 6.07) is 3.31. The van der Waals surface area contributed by atoms with Gasteiger partial charge in [-0.1, -0.05) is 19.8 Å². The molecule has 0 aliphatic carbocycles. The second kappa shape index (κ2) is 7.52. The predicted octanol–water partition coefficient (Wildman–Crippen LogP) is 4.46. The third-order valence-corrected chi connectivity index (χ3v) is 3.93. The van der Waals surface area contributed by atoms with Crippen LogP contribution in [0, 0.1) is 11.6 Å². The molecule has 1 aromatic carbocycles. The fourth-order valence-electron chi connectivity index (χ4n) is 1.57. The Kier molecular flexibility index (Phi) is 6.33. The summed E-state index contributed by atoms with van der Waals surface area (Å²) in [4.78, 5) is 12.0. The first-order valence-electron chi connectivity index (χ1n) is 6.17. The van der Waals surface area contributed by atoms with Crippen molar-refractivity contribution in [3.8, 4) is 0 Å². The van der Waals surface area contributed by atoms with Crippen molar-refractivity contribution in [1.82, 2.24) is 0 Å². The molecule has 0 aromatic heterocycles. The fourth-order valence-corrected chi connectivity index (χ4v) is 2.58. The van der Waals surface area contributed by atoms with Gasteiger partial charge in [-0.3, -0.25) is 4.79 Å². The topological polar surface area (TPSA) is 17.1 Å². The Morgan fingerprint density at radius 3 is 2.61 bits per heavy atom. The van der Waals surface area contributed by atoms with E-state index < -0.39 is 11.6 Å². The quantitative estimate of drug-likeness (QED) is 0.538. The van der Waals surface area contributed by atoms with Gasteiger partial charge in [0.05, 0.1) is 5.25 Å². The number of Topliss-reactive ketones (excluding diaryl/α,β-unsaturated/α-hetero) is 1. The monoisotopic (exact) mass is 272 g/mol. The maximum Gasteiger partial charge on any atom is 0.175 e. The average Bonchev–Trinajstić information content (AvgIpc) is 2.37. The highest BCUT2D eigenvalue weighted by atomic mass is 32.2. The Morgan fingerprint density at radius 2 is 2.00 bits per heavy atom. The molecule has 100 valence electrons. The van der Waals surface area contributed by atoms with Gasteiger partial charge in [-0.2, -0.15) is 11.8 Å². The summed E-state index contributed by atoms with van der Waals surface area (Å²) in [6.07, 6.45) is 3.38. The maximum absolute atomic E-state index is 13.0. The van der Waals surface area contributed by atoms with Gasteiger partial charge in [0.1, 0.15) is 0 Å². The molecule has 0 aliphatic heterocycles. The molecule has 0 saturated heterocycles. The van der Waals surface area contributed by atoms with Gasteiger partial charge in [0.15, 0.2) is 17.4 Å². The highest BCUT2D eigenvalue weighted by Gasteiger charge is 2.16. The lowest BCUT2D eigenvalue weighted by Gasteiger charge is -2.10. The number of carbonyl (C=O) groups is 1. The van der Waals surface area contributed by atoms with Crippen LogP contribution in [-0.2, 0) is 0 Å². The summed E-state index contributed by atoms with van der Waals surface area (Å²) in [5.74, 6) is -1.11. The normalized spacial score (nSPS) is 12.4. The Morgan fingerprint density at radius 1 is 1.28 bits per heavy atom. The molecule has 0 heterocycles. The molecule has 1 rings (SSSR count). The Balaban J connectivity index is 2.54. The lowest BCUT2D eigenvalue weighted by molar-refractivity contribution is 0.0993. The summed E-state index contributed by atoms with van der Waals surface area (Å²) in [5, 5.41) is -0.216. The molecule has 0 amide bonds. The summed E-state index contributed by atoms with van der Waals surface area (Å²) < 4.78 is 25.8. The number of unbranched alkanes of at least 4 members (excludes halogenated alkanes) is 2.